The first-order chi connectivity index (χ1) is 12.3. The van der Waals surface area contributed by atoms with Gasteiger partial charge in [0, 0.05) is 18.6 Å². The van der Waals surface area contributed by atoms with E-state index in [9.17, 15) is 4.79 Å². The van der Waals surface area contributed by atoms with Crippen molar-refractivity contribution >= 4 is 11.7 Å². The maximum absolute atomic E-state index is 12.5. The molecule has 2 heterocycles. The van der Waals surface area contributed by atoms with Crippen molar-refractivity contribution in [2.24, 2.45) is 0 Å². The van der Waals surface area contributed by atoms with E-state index in [1.807, 2.05) is 30.7 Å². The van der Waals surface area contributed by atoms with Crippen LogP contribution in [-0.2, 0) is 6.42 Å². The molecule has 0 unspecified atom stereocenters. The first-order valence-electron chi connectivity index (χ1n) is 8.34. The summed E-state index contributed by atoms with van der Waals surface area (Å²) >= 11 is 0. The first kappa shape index (κ1) is 15.4. The summed E-state index contributed by atoms with van der Waals surface area (Å²) in [5.41, 5.74) is 3.11. The zero-order chi connectivity index (χ0) is 17.1. The average Bonchev–Trinajstić information content (AvgIpc) is 3.17. The summed E-state index contributed by atoms with van der Waals surface area (Å²) in [6.07, 6.45) is 10.8. The predicted octanol–water partition coefficient (Wildman–Crippen LogP) is 3.33. The van der Waals surface area contributed by atoms with Gasteiger partial charge in [0.2, 0.25) is 0 Å². The number of rotatable bonds is 3. The van der Waals surface area contributed by atoms with Gasteiger partial charge in [-0.3, -0.25) is 4.98 Å². The quantitative estimate of drug-likeness (QED) is 0.772. The summed E-state index contributed by atoms with van der Waals surface area (Å²) < 4.78 is 2.07. The third-order valence-corrected chi connectivity index (χ3v) is 4.60. The Morgan fingerprint density at radius 2 is 2.04 bits per heavy atom. The Balaban J connectivity index is 1.60. The molecular weight excluding hydrogens is 314 g/mol. The fourth-order valence-electron chi connectivity index (χ4n) is 3.45. The predicted molar refractivity (Wildman–Crippen MR) is 95.2 cm³/mol. The number of nitrogens with one attached hydrogen (secondary N) is 2. The Morgan fingerprint density at radius 3 is 2.84 bits per heavy atom. The van der Waals surface area contributed by atoms with Crippen LogP contribution in [0.2, 0.25) is 0 Å². The third kappa shape index (κ3) is 3.24. The fraction of sp³-hybridized carbons (Fsp3) is 0.211. The second kappa shape index (κ2) is 6.76. The number of fused-ring (bicyclic) bond motifs is 1. The van der Waals surface area contributed by atoms with Crippen molar-refractivity contribution in [3.8, 4) is 0 Å². The van der Waals surface area contributed by atoms with Crippen molar-refractivity contribution < 1.29 is 4.79 Å². The number of anilines is 1. The van der Waals surface area contributed by atoms with E-state index in [4.69, 9.17) is 0 Å². The van der Waals surface area contributed by atoms with Crippen LogP contribution in [0, 0.1) is 0 Å². The molecule has 1 aliphatic rings. The van der Waals surface area contributed by atoms with Crippen LogP contribution in [0.3, 0.4) is 0 Å². The van der Waals surface area contributed by atoms with Gasteiger partial charge in [-0.2, -0.15) is 0 Å². The number of carbonyl (C=O) groups excluding carboxylic acids is 1. The van der Waals surface area contributed by atoms with Crippen LogP contribution < -0.4 is 10.6 Å². The number of carbonyl (C=O) groups is 1. The minimum absolute atomic E-state index is 0.115. The van der Waals surface area contributed by atoms with Gasteiger partial charge in [-0.25, -0.2) is 9.78 Å². The summed E-state index contributed by atoms with van der Waals surface area (Å²) in [5.74, 6) is 0. The molecule has 0 aliphatic heterocycles. The van der Waals surface area contributed by atoms with Crippen LogP contribution in [0.1, 0.15) is 29.6 Å². The van der Waals surface area contributed by atoms with Gasteiger partial charge in [-0.05, 0) is 36.1 Å². The van der Waals surface area contributed by atoms with Crippen molar-refractivity contribution in [2.75, 3.05) is 5.32 Å². The van der Waals surface area contributed by atoms with E-state index >= 15 is 0 Å². The van der Waals surface area contributed by atoms with E-state index < -0.39 is 0 Å². The molecule has 25 heavy (non-hydrogen) atoms. The van der Waals surface area contributed by atoms with Crippen LogP contribution in [0.25, 0.3) is 0 Å². The monoisotopic (exact) mass is 333 g/mol. The van der Waals surface area contributed by atoms with E-state index in [-0.39, 0.29) is 18.1 Å². The van der Waals surface area contributed by atoms with E-state index in [1.165, 1.54) is 5.56 Å². The largest absolute Gasteiger partial charge is 0.332 e. The highest BCUT2D eigenvalue weighted by atomic mass is 16.2. The minimum Gasteiger partial charge on any atom is -0.332 e. The normalized spacial score (nSPS) is 19.0. The van der Waals surface area contributed by atoms with Gasteiger partial charge >= 0.3 is 6.03 Å². The maximum atomic E-state index is 12.5. The van der Waals surface area contributed by atoms with Crippen LogP contribution in [0.4, 0.5) is 10.5 Å². The van der Waals surface area contributed by atoms with Crippen molar-refractivity contribution in [2.45, 2.75) is 24.9 Å². The molecule has 2 aromatic heterocycles. The highest BCUT2D eigenvalue weighted by molar-refractivity contribution is 5.89. The van der Waals surface area contributed by atoms with Gasteiger partial charge in [0.1, 0.15) is 0 Å². The van der Waals surface area contributed by atoms with Crippen molar-refractivity contribution in [1.82, 2.24) is 19.9 Å². The summed E-state index contributed by atoms with van der Waals surface area (Å²) in [7, 11) is 0. The Morgan fingerprint density at radius 1 is 1.12 bits per heavy atom. The number of nitrogens with zero attached hydrogens (tertiary/aromatic N) is 3. The molecule has 4 rings (SSSR count). The lowest BCUT2D eigenvalue weighted by Gasteiger charge is -2.35. The van der Waals surface area contributed by atoms with Gasteiger partial charge < -0.3 is 15.2 Å². The van der Waals surface area contributed by atoms with E-state index in [2.05, 4.69) is 37.3 Å². The van der Waals surface area contributed by atoms with Crippen LogP contribution in [0.5, 0.6) is 0 Å². The second-order valence-electron chi connectivity index (χ2n) is 6.13. The number of urea groups is 1. The van der Waals surface area contributed by atoms with Crippen LogP contribution >= 0.6 is 0 Å². The topological polar surface area (TPSA) is 71.8 Å². The molecule has 0 saturated heterocycles. The minimum atomic E-state index is -0.236. The molecule has 0 saturated carbocycles. The molecule has 6 heteroatoms. The number of hydrogen-bond acceptors (Lipinski definition) is 3. The van der Waals surface area contributed by atoms with Crippen LogP contribution in [0.15, 0.2) is 67.5 Å². The standard InChI is InChI=1S/C19H19N5O/c25-19(22-15-5-3-9-20-12-15)23-18-16-6-2-1-4-14(16)7-8-17(18)24-11-10-21-13-24/h1-6,9-13,17-18H,7-8H2,(H2,22,23,25)/t17-,18+/m0/s1. The number of aryl methyl sites for hydroxylation is 1. The molecule has 2 atom stereocenters. The molecule has 1 aromatic carbocycles. The highest BCUT2D eigenvalue weighted by Crippen LogP contribution is 2.37. The lowest BCUT2D eigenvalue weighted by Crippen LogP contribution is -2.39. The van der Waals surface area contributed by atoms with Crippen LogP contribution in [-0.4, -0.2) is 20.6 Å². The molecule has 6 nitrogen and oxygen atoms in total. The summed E-state index contributed by atoms with van der Waals surface area (Å²) in [6.45, 7) is 0. The Labute approximate surface area is 145 Å². The van der Waals surface area contributed by atoms with Gasteiger partial charge in [0.15, 0.2) is 0 Å². The fourth-order valence-corrected chi connectivity index (χ4v) is 3.45. The second-order valence-corrected chi connectivity index (χ2v) is 6.13. The van der Waals surface area contributed by atoms with Crippen molar-refractivity contribution in [1.29, 1.82) is 0 Å². The molecule has 2 N–H and O–H groups in total. The van der Waals surface area contributed by atoms with Gasteiger partial charge in [0.05, 0.1) is 30.3 Å². The molecule has 2 amide bonds. The number of imidazole rings is 1. The van der Waals surface area contributed by atoms with Gasteiger partial charge in [-0.1, -0.05) is 24.3 Å². The molecule has 0 spiro atoms. The zero-order valence-electron chi connectivity index (χ0n) is 13.7. The molecule has 0 fully saturated rings. The van der Waals surface area contributed by atoms with E-state index in [0.717, 1.165) is 18.4 Å². The van der Waals surface area contributed by atoms with Gasteiger partial charge in [-0.15, -0.1) is 0 Å². The SMILES string of the molecule is O=C(Nc1cccnc1)N[C@@H]1c2ccccc2CC[C@@H]1n1ccnc1. The zero-order valence-corrected chi connectivity index (χ0v) is 13.7. The van der Waals surface area contributed by atoms with E-state index in [1.54, 1.807) is 24.7 Å². The van der Waals surface area contributed by atoms with E-state index in [0.29, 0.717) is 5.69 Å². The summed E-state index contributed by atoms with van der Waals surface area (Å²) in [6, 6.07) is 11.7. The maximum Gasteiger partial charge on any atom is 0.319 e. The van der Waals surface area contributed by atoms with Crippen molar-refractivity contribution in [3.05, 3.63) is 78.6 Å². The Bertz CT molecular complexity index is 847. The lowest BCUT2D eigenvalue weighted by molar-refractivity contribution is 0.239. The third-order valence-electron chi connectivity index (χ3n) is 4.60. The number of hydrogen-bond donors (Lipinski definition) is 2. The molecule has 1 aliphatic carbocycles. The van der Waals surface area contributed by atoms with Gasteiger partial charge in [0.25, 0.3) is 0 Å². The molecule has 3 aromatic rings. The molecule has 0 radical (unpaired) electrons. The molecule has 126 valence electrons. The number of aromatic nitrogens is 3. The Kier molecular flexibility index (Phi) is 4.16. The summed E-state index contributed by atoms with van der Waals surface area (Å²) in [4.78, 5) is 20.7. The molecular formula is C19H19N5O. The highest BCUT2D eigenvalue weighted by Gasteiger charge is 2.31. The number of benzene rings is 1. The lowest BCUT2D eigenvalue weighted by atomic mass is 9.84. The number of amides is 2. The first-order valence-corrected chi connectivity index (χ1v) is 8.34. The number of pyridine rings is 1. The van der Waals surface area contributed by atoms with Crippen molar-refractivity contribution in [3.63, 3.8) is 0 Å². The smallest absolute Gasteiger partial charge is 0.319 e. The Hall–Kier alpha value is -3.15. The average molecular weight is 333 g/mol. The summed E-state index contributed by atoms with van der Waals surface area (Å²) in [5, 5.41) is 5.98. The molecule has 0 bridgehead atoms.